The minimum atomic E-state index is -4.56. The van der Waals surface area contributed by atoms with Gasteiger partial charge in [0.25, 0.3) is 0 Å². The van der Waals surface area contributed by atoms with Crippen LogP contribution in [-0.2, 0) is 12.6 Å². The zero-order chi connectivity index (χ0) is 21.2. The van der Waals surface area contributed by atoms with E-state index in [0.29, 0.717) is 5.69 Å². The van der Waals surface area contributed by atoms with Gasteiger partial charge in [-0.2, -0.15) is 18.2 Å². The third kappa shape index (κ3) is 4.80. The number of anilines is 4. The Bertz CT molecular complexity index is 973. The number of halogens is 4. The van der Waals surface area contributed by atoms with Gasteiger partial charge >= 0.3 is 6.18 Å². The Morgan fingerprint density at radius 2 is 1.45 bits per heavy atom. The van der Waals surface area contributed by atoms with Crippen molar-refractivity contribution in [1.82, 2.24) is 9.97 Å². The predicted octanol–water partition coefficient (Wildman–Crippen LogP) is 6.20. The topological polar surface area (TPSA) is 32.3 Å². The van der Waals surface area contributed by atoms with E-state index in [4.69, 9.17) is 0 Å². The molecular weight excluding hydrogens is 492 g/mol. The Morgan fingerprint density at radius 3 is 2.00 bits per heavy atom. The van der Waals surface area contributed by atoms with Gasteiger partial charge < -0.3 is 9.80 Å². The van der Waals surface area contributed by atoms with Crippen LogP contribution in [0.2, 0.25) is 0 Å². The molecule has 4 nitrogen and oxygen atoms in total. The molecule has 0 radical (unpaired) electrons. The Morgan fingerprint density at radius 1 is 0.897 bits per heavy atom. The highest BCUT2D eigenvalue weighted by atomic mass is 127. The molecule has 2 aromatic carbocycles. The van der Waals surface area contributed by atoms with Crippen molar-refractivity contribution in [2.75, 3.05) is 23.9 Å². The van der Waals surface area contributed by atoms with Gasteiger partial charge in [0, 0.05) is 35.2 Å². The molecule has 29 heavy (non-hydrogen) atoms. The van der Waals surface area contributed by atoms with Gasteiger partial charge in [-0.05, 0) is 71.0 Å². The number of aromatic nitrogens is 2. The van der Waals surface area contributed by atoms with E-state index >= 15 is 0 Å². The van der Waals surface area contributed by atoms with Crippen molar-refractivity contribution < 1.29 is 13.2 Å². The molecule has 1 heterocycles. The maximum Gasteiger partial charge on any atom is 0.421 e. The molecule has 3 aromatic rings. The lowest BCUT2D eigenvalue weighted by Gasteiger charge is -2.25. The van der Waals surface area contributed by atoms with E-state index in [9.17, 15) is 13.2 Å². The number of hydrogen-bond acceptors (Lipinski definition) is 4. The highest BCUT2D eigenvalue weighted by molar-refractivity contribution is 14.1. The third-order valence-electron chi connectivity index (χ3n) is 4.62. The van der Waals surface area contributed by atoms with E-state index in [1.165, 1.54) is 10.5 Å². The van der Waals surface area contributed by atoms with E-state index in [1.54, 1.807) is 31.1 Å². The number of alkyl halides is 3. The molecule has 0 atom stereocenters. The van der Waals surface area contributed by atoms with Crippen molar-refractivity contribution >= 4 is 45.7 Å². The molecule has 0 spiro atoms. The molecule has 0 fully saturated rings. The summed E-state index contributed by atoms with van der Waals surface area (Å²) in [7, 11) is 3.30. The van der Waals surface area contributed by atoms with Crippen LogP contribution in [-0.4, -0.2) is 24.1 Å². The van der Waals surface area contributed by atoms with Gasteiger partial charge in [-0.1, -0.05) is 19.1 Å². The fraction of sp³-hybridized carbons (Fsp3) is 0.238. The van der Waals surface area contributed by atoms with Crippen LogP contribution < -0.4 is 9.80 Å². The van der Waals surface area contributed by atoms with Gasteiger partial charge in [-0.15, -0.1) is 0 Å². The molecule has 0 N–H and O–H groups in total. The highest BCUT2D eigenvalue weighted by Gasteiger charge is 2.37. The lowest BCUT2D eigenvalue weighted by atomic mass is 10.1. The first-order chi connectivity index (χ1) is 13.7. The zero-order valence-electron chi connectivity index (χ0n) is 16.2. The Labute approximate surface area is 181 Å². The van der Waals surface area contributed by atoms with Crippen molar-refractivity contribution in [3.05, 3.63) is 69.4 Å². The lowest BCUT2D eigenvalue weighted by Crippen LogP contribution is -2.21. The lowest BCUT2D eigenvalue weighted by molar-refractivity contribution is -0.137. The minimum Gasteiger partial charge on any atom is -0.329 e. The number of aryl methyl sites for hydroxylation is 1. The molecule has 0 aliphatic rings. The normalized spacial score (nSPS) is 11.4. The molecule has 0 amide bonds. The van der Waals surface area contributed by atoms with E-state index in [2.05, 4.69) is 39.5 Å². The average Bonchev–Trinajstić information content (AvgIpc) is 2.72. The summed E-state index contributed by atoms with van der Waals surface area (Å²) in [6.07, 6.45) is -2.81. The minimum absolute atomic E-state index is 0.189. The van der Waals surface area contributed by atoms with E-state index in [1.807, 2.05) is 36.4 Å². The van der Waals surface area contributed by atoms with Crippen molar-refractivity contribution in [1.29, 1.82) is 0 Å². The van der Waals surface area contributed by atoms with Crippen LogP contribution in [0.4, 0.5) is 36.3 Å². The van der Waals surface area contributed by atoms with Crippen LogP contribution in [0.1, 0.15) is 18.1 Å². The van der Waals surface area contributed by atoms with Crippen LogP contribution >= 0.6 is 22.6 Å². The first-order valence-electron chi connectivity index (χ1n) is 8.97. The molecule has 152 valence electrons. The first-order valence-corrected chi connectivity index (χ1v) is 10.0. The standard InChI is InChI=1S/C21H20F3IN4/c1-4-14-5-9-17(10-6-14)29(3)20-26-13-18(21(22,23)24)19(27-20)28(2)16-11-7-15(25)8-12-16/h5-13H,4H2,1-3H3. The quantitative estimate of drug-likeness (QED) is 0.382. The van der Waals surface area contributed by atoms with Gasteiger partial charge in [0.05, 0.1) is 0 Å². The van der Waals surface area contributed by atoms with Crippen molar-refractivity contribution in [3.63, 3.8) is 0 Å². The number of nitrogens with zero attached hydrogens (tertiary/aromatic N) is 4. The summed E-state index contributed by atoms with van der Waals surface area (Å²) in [6.45, 7) is 2.06. The zero-order valence-corrected chi connectivity index (χ0v) is 18.4. The number of rotatable bonds is 5. The Hall–Kier alpha value is -2.36. The van der Waals surface area contributed by atoms with Crippen LogP contribution in [0.3, 0.4) is 0 Å². The number of hydrogen-bond donors (Lipinski definition) is 0. The van der Waals surface area contributed by atoms with E-state index in [-0.39, 0.29) is 11.8 Å². The Balaban J connectivity index is 2.04. The molecular formula is C21H20F3IN4. The Kier molecular flexibility index (Phi) is 6.30. The summed E-state index contributed by atoms with van der Waals surface area (Å²) >= 11 is 2.15. The molecule has 0 bridgehead atoms. The fourth-order valence-electron chi connectivity index (χ4n) is 2.84. The maximum atomic E-state index is 13.6. The molecule has 0 unspecified atom stereocenters. The van der Waals surface area contributed by atoms with Crippen molar-refractivity contribution in [2.45, 2.75) is 19.5 Å². The average molecular weight is 512 g/mol. The van der Waals surface area contributed by atoms with Gasteiger partial charge in [0.15, 0.2) is 5.82 Å². The molecule has 3 rings (SSSR count). The molecule has 0 saturated heterocycles. The van der Waals surface area contributed by atoms with Crippen LogP contribution in [0.25, 0.3) is 0 Å². The second-order valence-corrected chi connectivity index (χ2v) is 7.77. The monoisotopic (exact) mass is 512 g/mol. The van der Waals surface area contributed by atoms with Crippen LogP contribution in [0, 0.1) is 3.57 Å². The van der Waals surface area contributed by atoms with Gasteiger partial charge in [-0.25, -0.2) is 4.98 Å². The van der Waals surface area contributed by atoms with E-state index in [0.717, 1.165) is 21.9 Å². The predicted molar refractivity (Wildman–Crippen MR) is 118 cm³/mol. The molecule has 1 aromatic heterocycles. The summed E-state index contributed by atoms with van der Waals surface area (Å²) in [5.74, 6) is -0.00431. The molecule has 8 heteroatoms. The smallest absolute Gasteiger partial charge is 0.329 e. The molecule has 0 aliphatic heterocycles. The SMILES string of the molecule is CCc1ccc(N(C)c2ncc(C(F)(F)F)c(N(C)c3ccc(I)cc3)n2)cc1. The summed E-state index contributed by atoms with van der Waals surface area (Å²) in [4.78, 5) is 11.4. The van der Waals surface area contributed by atoms with Gasteiger partial charge in [0.2, 0.25) is 5.95 Å². The van der Waals surface area contributed by atoms with Gasteiger partial charge in [0.1, 0.15) is 5.56 Å². The summed E-state index contributed by atoms with van der Waals surface area (Å²) in [5, 5.41) is 0. The van der Waals surface area contributed by atoms with Crippen LogP contribution in [0.15, 0.2) is 54.7 Å². The van der Waals surface area contributed by atoms with E-state index < -0.39 is 11.7 Å². The van der Waals surface area contributed by atoms with Crippen molar-refractivity contribution in [2.24, 2.45) is 0 Å². The largest absolute Gasteiger partial charge is 0.421 e. The number of benzene rings is 2. The second-order valence-electron chi connectivity index (χ2n) is 6.52. The van der Waals surface area contributed by atoms with Crippen LogP contribution in [0.5, 0.6) is 0 Å². The highest BCUT2D eigenvalue weighted by Crippen LogP contribution is 2.38. The maximum absolute atomic E-state index is 13.6. The van der Waals surface area contributed by atoms with Gasteiger partial charge in [-0.3, -0.25) is 0 Å². The molecule has 0 saturated carbocycles. The fourth-order valence-corrected chi connectivity index (χ4v) is 3.20. The second kappa shape index (κ2) is 8.56. The third-order valence-corrected chi connectivity index (χ3v) is 5.34. The summed E-state index contributed by atoms with van der Waals surface area (Å²) in [5.41, 5.74) is 1.70. The van der Waals surface area contributed by atoms with Crippen molar-refractivity contribution in [3.8, 4) is 0 Å². The first kappa shape index (κ1) is 21.4. The summed E-state index contributed by atoms with van der Waals surface area (Å²) < 4.78 is 41.8. The molecule has 0 aliphatic carbocycles. The summed E-state index contributed by atoms with van der Waals surface area (Å²) in [6, 6.07) is 15.0.